The van der Waals surface area contributed by atoms with Crippen molar-refractivity contribution in [2.45, 2.75) is 18.9 Å². The summed E-state index contributed by atoms with van der Waals surface area (Å²) in [6.45, 7) is 1.08. The average Bonchev–Trinajstić information content (AvgIpc) is 3.46. The van der Waals surface area contributed by atoms with Crippen LogP contribution in [0.3, 0.4) is 0 Å². The van der Waals surface area contributed by atoms with Crippen molar-refractivity contribution < 1.29 is 9.32 Å². The number of benzene rings is 1. The van der Waals surface area contributed by atoms with Gasteiger partial charge in [0.2, 0.25) is 0 Å². The highest BCUT2D eigenvalue weighted by atomic mass is 32.1. The number of carbonyl (C=O) groups excluding carboxylic acids is 1. The lowest BCUT2D eigenvalue weighted by atomic mass is 10.0. The maximum atomic E-state index is 13.0. The molecule has 1 aliphatic heterocycles. The molecule has 1 aliphatic rings. The number of nitrogens with zero attached hydrogens (tertiary/aromatic N) is 4. The Labute approximate surface area is 170 Å². The minimum Gasteiger partial charge on any atom is -0.355 e. The van der Waals surface area contributed by atoms with Crippen LogP contribution in [0.15, 0.2) is 63.5 Å². The average molecular weight is 406 g/mol. The monoisotopic (exact) mass is 406 g/mol. The Balaban J connectivity index is 1.39. The van der Waals surface area contributed by atoms with E-state index in [4.69, 9.17) is 4.52 Å². The van der Waals surface area contributed by atoms with Crippen LogP contribution >= 0.6 is 11.3 Å². The van der Waals surface area contributed by atoms with Crippen LogP contribution in [-0.4, -0.2) is 38.6 Å². The van der Waals surface area contributed by atoms with Gasteiger partial charge in [-0.05, 0) is 36.4 Å². The zero-order valence-corrected chi connectivity index (χ0v) is 16.3. The quantitative estimate of drug-likeness (QED) is 0.519. The van der Waals surface area contributed by atoms with Gasteiger partial charge in [-0.25, -0.2) is 4.98 Å². The Morgan fingerprint density at radius 2 is 2.10 bits per heavy atom. The van der Waals surface area contributed by atoms with Gasteiger partial charge in [-0.3, -0.25) is 14.2 Å². The predicted octanol–water partition coefficient (Wildman–Crippen LogP) is 3.59. The van der Waals surface area contributed by atoms with Gasteiger partial charge in [-0.1, -0.05) is 23.4 Å². The van der Waals surface area contributed by atoms with E-state index in [1.807, 2.05) is 35.7 Å². The van der Waals surface area contributed by atoms with E-state index in [9.17, 15) is 9.59 Å². The van der Waals surface area contributed by atoms with Crippen molar-refractivity contribution in [1.82, 2.24) is 19.6 Å². The number of thiophene rings is 1. The Morgan fingerprint density at radius 3 is 2.97 bits per heavy atom. The molecule has 0 saturated carbocycles. The third-order valence-corrected chi connectivity index (χ3v) is 6.15. The summed E-state index contributed by atoms with van der Waals surface area (Å²) in [6, 6.07) is 12.7. The standard InChI is InChI=1S/C21H18N4O3S/c26-20-15-6-1-2-7-16(15)22-13-25(20)14-5-3-9-24(12-14)21(27)17-11-18(28-23-17)19-8-4-10-29-19/h1-2,4,6-8,10-11,13-14H,3,5,9,12H2/t14-/m1/s1. The number of rotatable bonds is 3. The Kier molecular flexibility index (Phi) is 4.48. The lowest BCUT2D eigenvalue weighted by Crippen LogP contribution is -2.43. The molecular weight excluding hydrogens is 388 g/mol. The summed E-state index contributed by atoms with van der Waals surface area (Å²) >= 11 is 1.53. The summed E-state index contributed by atoms with van der Waals surface area (Å²) in [6.07, 6.45) is 3.22. The molecule has 7 nitrogen and oxygen atoms in total. The summed E-state index contributed by atoms with van der Waals surface area (Å²) in [7, 11) is 0. The smallest absolute Gasteiger partial charge is 0.276 e. The third kappa shape index (κ3) is 3.25. The topological polar surface area (TPSA) is 81.2 Å². The number of amides is 1. The first-order chi connectivity index (χ1) is 14.2. The summed E-state index contributed by atoms with van der Waals surface area (Å²) < 4.78 is 7.00. The summed E-state index contributed by atoms with van der Waals surface area (Å²) in [5.41, 5.74) is 0.899. The fourth-order valence-electron chi connectivity index (χ4n) is 3.78. The van der Waals surface area contributed by atoms with Gasteiger partial charge in [0.15, 0.2) is 11.5 Å². The maximum Gasteiger partial charge on any atom is 0.276 e. The Hall–Kier alpha value is -3.26. The molecule has 0 unspecified atom stereocenters. The van der Waals surface area contributed by atoms with E-state index in [-0.39, 0.29) is 23.2 Å². The molecule has 1 aromatic carbocycles. The van der Waals surface area contributed by atoms with Gasteiger partial charge >= 0.3 is 0 Å². The van der Waals surface area contributed by atoms with E-state index in [0.29, 0.717) is 29.8 Å². The molecule has 146 valence electrons. The Morgan fingerprint density at radius 1 is 1.21 bits per heavy atom. The first kappa shape index (κ1) is 17.8. The van der Waals surface area contributed by atoms with Crippen LogP contribution in [0.4, 0.5) is 0 Å². The van der Waals surface area contributed by atoms with E-state index in [0.717, 1.165) is 17.7 Å². The van der Waals surface area contributed by atoms with Crippen LogP contribution in [0.5, 0.6) is 0 Å². The van der Waals surface area contributed by atoms with E-state index in [1.54, 1.807) is 27.9 Å². The SMILES string of the molecule is O=C(c1cc(-c2cccs2)on1)N1CCC[C@@H](n2cnc3ccccc3c2=O)C1. The van der Waals surface area contributed by atoms with Gasteiger partial charge in [0.1, 0.15) is 0 Å². The third-order valence-electron chi connectivity index (χ3n) is 5.26. The van der Waals surface area contributed by atoms with E-state index in [2.05, 4.69) is 10.1 Å². The fraction of sp³-hybridized carbons (Fsp3) is 0.238. The molecule has 0 bridgehead atoms. The van der Waals surface area contributed by atoms with Crippen molar-refractivity contribution in [2.75, 3.05) is 13.1 Å². The van der Waals surface area contributed by atoms with E-state index in [1.165, 1.54) is 11.3 Å². The van der Waals surface area contributed by atoms with Crippen LogP contribution in [-0.2, 0) is 0 Å². The first-order valence-corrected chi connectivity index (χ1v) is 10.3. The highest BCUT2D eigenvalue weighted by Crippen LogP contribution is 2.27. The molecule has 0 spiro atoms. The molecule has 29 heavy (non-hydrogen) atoms. The van der Waals surface area contributed by atoms with Crippen molar-refractivity contribution >= 4 is 28.1 Å². The fourth-order valence-corrected chi connectivity index (χ4v) is 4.46. The van der Waals surface area contributed by atoms with Gasteiger partial charge in [0.05, 0.1) is 28.1 Å². The molecule has 8 heteroatoms. The highest BCUT2D eigenvalue weighted by Gasteiger charge is 2.28. The number of carbonyl (C=O) groups is 1. The predicted molar refractivity (Wildman–Crippen MR) is 110 cm³/mol. The summed E-state index contributed by atoms with van der Waals surface area (Å²) in [4.78, 5) is 32.9. The molecule has 4 heterocycles. The molecule has 4 aromatic rings. The van der Waals surface area contributed by atoms with E-state index < -0.39 is 0 Å². The molecule has 1 amide bonds. The molecule has 1 atom stereocenters. The molecule has 0 aliphatic carbocycles. The molecule has 1 saturated heterocycles. The number of aromatic nitrogens is 3. The van der Waals surface area contributed by atoms with Crippen molar-refractivity contribution in [3.05, 3.63) is 70.2 Å². The van der Waals surface area contributed by atoms with Gasteiger partial charge in [0.25, 0.3) is 11.5 Å². The van der Waals surface area contributed by atoms with Crippen LogP contribution < -0.4 is 5.56 Å². The van der Waals surface area contributed by atoms with Crippen molar-refractivity contribution in [2.24, 2.45) is 0 Å². The lowest BCUT2D eigenvalue weighted by Gasteiger charge is -2.33. The second kappa shape index (κ2) is 7.29. The molecular formula is C21H18N4O3S. The molecule has 5 rings (SSSR count). The van der Waals surface area contributed by atoms with Crippen LogP contribution in [0.25, 0.3) is 21.5 Å². The largest absolute Gasteiger partial charge is 0.355 e. The minimum atomic E-state index is -0.178. The van der Waals surface area contributed by atoms with Crippen molar-refractivity contribution in [3.8, 4) is 10.6 Å². The van der Waals surface area contributed by atoms with Gasteiger partial charge < -0.3 is 9.42 Å². The van der Waals surface area contributed by atoms with E-state index >= 15 is 0 Å². The minimum absolute atomic E-state index is 0.0729. The zero-order chi connectivity index (χ0) is 19.8. The van der Waals surface area contributed by atoms with Crippen LogP contribution in [0, 0.1) is 0 Å². The summed E-state index contributed by atoms with van der Waals surface area (Å²) in [5.74, 6) is 0.412. The van der Waals surface area contributed by atoms with Crippen LogP contribution in [0.2, 0.25) is 0 Å². The molecule has 0 radical (unpaired) electrons. The first-order valence-electron chi connectivity index (χ1n) is 9.46. The van der Waals surface area contributed by atoms with Gasteiger partial charge in [0, 0.05) is 19.2 Å². The summed E-state index contributed by atoms with van der Waals surface area (Å²) in [5, 5.41) is 6.50. The second-order valence-corrected chi connectivity index (χ2v) is 8.02. The lowest BCUT2D eigenvalue weighted by molar-refractivity contribution is 0.0667. The van der Waals surface area contributed by atoms with Gasteiger partial charge in [-0.15, -0.1) is 11.3 Å². The normalized spacial score (nSPS) is 17.0. The number of para-hydroxylation sites is 1. The van der Waals surface area contributed by atoms with Crippen LogP contribution in [0.1, 0.15) is 29.4 Å². The highest BCUT2D eigenvalue weighted by molar-refractivity contribution is 7.13. The van der Waals surface area contributed by atoms with Crippen molar-refractivity contribution in [1.29, 1.82) is 0 Å². The molecule has 1 fully saturated rings. The number of piperidine rings is 1. The Bertz CT molecular complexity index is 1230. The van der Waals surface area contributed by atoms with Crippen molar-refractivity contribution in [3.63, 3.8) is 0 Å². The number of fused-ring (bicyclic) bond motifs is 1. The molecule has 0 N–H and O–H groups in total. The maximum absolute atomic E-state index is 13.0. The second-order valence-electron chi connectivity index (χ2n) is 7.08. The number of hydrogen-bond acceptors (Lipinski definition) is 6. The zero-order valence-electron chi connectivity index (χ0n) is 15.5. The number of likely N-dealkylation sites (tertiary alicyclic amines) is 1. The molecule has 3 aromatic heterocycles. The number of hydrogen-bond donors (Lipinski definition) is 0. The van der Waals surface area contributed by atoms with Gasteiger partial charge in [-0.2, -0.15) is 0 Å².